The number of halogens is 3. The largest absolute Gasteiger partial charge is 0.467 e. The number of benzene rings is 2. The third-order valence-electron chi connectivity index (χ3n) is 3.55. The lowest BCUT2D eigenvalue weighted by Crippen LogP contribution is -2.43. The van der Waals surface area contributed by atoms with Gasteiger partial charge in [0.15, 0.2) is 11.6 Å². The number of esters is 1. The van der Waals surface area contributed by atoms with Crippen LogP contribution in [0.1, 0.15) is 11.1 Å². The molecule has 0 aliphatic carbocycles. The fraction of sp³-hybridized carbons (Fsp3) is 0.222. The van der Waals surface area contributed by atoms with E-state index in [1.165, 1.54) is 13.2 Å². The van der Waals surface area contributed by atoms with Crippen molar-refractivity contribution in [2.75, 3.05) is 7.11 Å². The fourth-order valence-corrected chi connectivity index (χ4v) is 2.75. The number of ether oxygens (including phenoxy) is 1. The monoisotopic (exact) mass is 411 g/mol. The van der Waals surface area contributed by atoms with Crippen LogP contribution in [-0.2, 0) is 27.2 Å². The molecule has 0 saturated heterocycles. The number of carbonyl (C=O) groups is 2. The Morgan fingerprint density at radius 3 is 2.52 bits per heavy atom. The summed E-state index contributed by atoms with van der Waals surface area (Å²) >= 11 is 3.39. The SMILES string of the molecule is COC(=O)[C@@H](Cc1ccccc1Br)NC(=O)Cc1ccc(F)c(F)c1. The summed E-state index contributed by atoms with van der Waals surface area (Å²) in [5.41, 5.74) is 1.13. The Morgan fingerprint density at radius 2 is 1.88 bits per heavy atom. The number of methoxy groups -OCH3 is 1. The molecular formula is C18H16BrF2NO3. The number of hydrogen-bond acceptors (Lipinski definition) is 3. The summed E-state index contributed by atoms with van der Waals surface area (Å²) in [6.07, 6.45) is 0.0538. The van der Waals surface area contributed by atoms with Crippen molar-refractivity contribution in [1.29, 1.82) is 0 Å². The van der Waals surface area contributed by atoms with E-state index in [9.17, 15) is 18.4 Å². The van der Waals surface area contributed by atoms with E-state index in [1.54, 1.807) is 0 Å². The van der Waals surface area contributed by atoms with Gasteiger partial charge in [-0.05, 0) is 29.3 Å². The predicted molar refractivity (Wildman–Crippen MR) is 91.9 cm³/mol. The highest BCUT2D eigenvalue weighted by Crippen LogP contribution is 2.18. The van der Waals surface area contributed by atoms with Crippen LogP contribution < -0.4 is 5.32 Å². The first-order valence-corrected chi connectivity index (χ1v) is 8.24. The molecule has 0 spiro atoms. The quantitative estimate of drug-likeness (QED) is 0.742. The minimum absolute atomic E-state index is 0.180. The molecule has 0 aliphatic heterocycles. The van der Waals surface area contributed by atoms with Gasteiger partial charge in [0, 0.05) is 10.9 Å². The Labute approximate surface area is 152 Å². The average molecular weight is 412 g/mol. The molecule has 0 bridgehead atoms. The maximum absolute atomic E-state index is 13.2. The highest BCUT2D eigenvalue weighted by molar-refractivity contribution is 9.10. The molecular weight excluding hydrogens is 396 g/mol. The minimum atomic E-state index is -1.02. The maximum atomic E-state index is 13.2. The Bertz CT molecular complexity index is 783. The van der Waals surface area contributed by atoms with Crippen LogP contribution >= 0.6 is 15.9 Å². The lowest BCUT2D eigenvalue weighted by molar-refractivity contribution is -0.145. The lowest BCUT2D eigenvalue weighted by Gasteiger charge is -2.17. The molecule has 0 aliphatic rings. The van der Waals surface area contributed by atoms with Crippen LogP contribution in [0.2, 0.25) is 0 Å². The molecule has 1 amide bonds. The molecule has 1 N–H and O–H groups in total. The zero-order chi connectivity index (χ0) is 18.4. The van der Waals surface area contributed by atoms with E-state index in [4.69, 9.17) is 4.74 Å². The Morgan fingerprint density at radius 1 is 1.16 bits per heavy atom. The molecule has 7 heteroatoms. The summed E-state index contributed by atoms with van der Waals surface area (Å²) in [6.45, 7) is 0. The molecule has 4 nitrogen and oxygen atoms in total. The van der Waals surface area contributed by atoms with Gasteiger partial charge in [0.1, 0.15) is 6.04 Å². The molecule has 0 heterocycles. The molecule has 132 valence electrons. The maximum Gasteiger partial charge on any atom is 0.328 e. The summed E-state index contributed by atoms with van der Waals surface area (Å²) in [6, 6.07) is 9.64. The summed E-state index contributed by atoms with van der Waals surface area (Å²) in [5, 5.41) is 2.58. The Balaban J connectivity index is 2.08. The van der Waals surface area contributed by atoms with Crippen molar-refractivity contribution in [2.45, 2.75) is 18.9 Å². The van der Waals surface area contributed by atoms with Gasteiger partial charge >= 0.3 is 5.97 Å². The van der Waals surface area contributed by atoms with Crippen molar-refractivity contribution in [1.82, 2.24) is 5.32 Å². The number of carbonyl (C=O) groups excluding carboxylic acids is 2. The van der Waals surface area contributed by atoms with Crippen LogP contribution in [-0.4, -0.2) is 25.0 Å². The van der Waals surface area contributed by atoms with E-state index in [0.29, 0.717) is 5.56 Å². The number of rotatable bonds is 6. The van der Waals surface area contributed by atoms with E-state index in [-0.39, 0.29) is 12.8 Å². The van der Waals surface area contributed by atoms with Gasteiger partial charge in [-0.15, -0.1) is 0 Å². The Kier molecular flexibility index (Phi) is 6.64. The van der Waals surface area contributed by atoms with Gasteiger partial charge in [-0.2, -0.15) is 0 Å². The van der Waals surface area contributed by atoms with E-state index in [2.05, 4.69) is 21.2 Å². The molecule has 0 fully saturated rings. The number of amides is 1. The number of nitrogens with one attached hydrogen (secondary N) is 1. The summed E-state index contributed by atoms with van der Waals surface area (Å²) in [7, 11) is 1.23. The van der Waals surface area contributed by atoms with E-state index in [0.717, 1.165) is 22.2 Å². The highest BCUT2D eigenvalue weighted by atomic mass is 79.9. The number of hydrogen-bond donors (Lipinski definition) is 1. The van der Waals surface area contributed by atoms with E-state index < -0.39 is 29.6 Å². The molecule has 25 heavy (non-hydrogen) atoms. The minimum Gasteiger partial charge on any atom is -0.467 e. The van der Waals surface area contributed by atoms with Crippen molar-refractivity contribution >= 4 is 27.8 Å². The molecule has 0 aromatic heterocycles. The summed E-state index contributed by atoms with van der Waals surface area (Å²) in [5.74, 6) is -3.09. The van der Waals surface area contributed by atoms with Gasteiger partial charge in [-0.3, -0.25) is 4.79 Å². The fourth-order valence-electron chi connectivity index (χ4n) is 2.30. The van der Waals surface area contributed by atoms with Gasteiger partial charge < -0.3 is 10.1 Å². The predicted octanol–water partition coefficient (Wildman–Crippen LogP) is 3.17. The molecule has 0 saturated carbocycles. The third-order valence-corrected chi connectivity index (χ3v) is 4.33. The van der Waals surface area contributed by atoms with Crippen LogP contribution in [0.5, 0.6) is 0 Å². The van der Waals surface area contributed by atoms with Gasteiger partial charge in [0.25, 0.3) is 0 Å². The highest BCUT2D eigenvalue weighted by Gasteiger charge is 2.23. The first-order chi connectivity index (χ1) is 11.9. The van der Waals surface area contributed by atoms with Crippen LogP contribution in [0.3, 0.4) is 0 Å². The van der Waals surface area contributed by atoms with Crippen molar-refractivity contribution in [3.8, 4) is 0 Å². The van der Waals surface area contributed by atoms with Crippen molar-refractivity contribution in [3.63, 3.8) is 0 Å². The summed E-state index contributed by atoms with van der Waals surface area (Å²) in [4.78, 5) is 24.1. The lowest BCUT2D eigenvalue weighted by atomic mass is 10.1. The second-order valence-electron chi connectivity index (χ2n) is 5.36. The molecule has 2 aromatic rings. The normalized spacial score (nSPS) is 11.7. The molecule has 0 unspecified atom stereocenters. The molecule has 2 rings (SSSR count). The smallest absolute Gasteiger partial charge is 0.328 e. The van der Waals surface area contributed by atoms with Crippen molar-refractivity contribution < 1.29 is 23.1 Å². The van der Waals surface area contributed by atoms with Crippen LogP contribution in [0, 0.1) is 11.6 Å². The van der Waals surface area contributed by atoms with E-state index >= 15 is 0 Å². The second kappa shape index (κ2) is 8.71. The zero-order valence-corrected chi connectivity index (χ0v) is 15.0. The second-order valence-corrected chi connectivity index (χ2v) is 6.22. The van der Waals surface area contributed by atoms with Gasteiger partial charge in [0.2, 0.25) is 5.91 Å². The third kappa shape index (κ3) is 5.35. The first-order valence-electron chi connectivity index (χ1n) is 7.45. The topological polar surface area (TPSA) is 55.4 Å². The van der Waals surface area contributed by atoms with Crippen LogP contribution in [0.4, 0.5) is 8.78 Å². The molecule has 2 aromatic carbocycles. The average Bonchev–Trinajstić information content (AvgIpc) is 2.58. The van der Waals surface area contributed by atoms with Gasteiger partial charge in [0.05, 0.1) is 13.5 Å². The molecule has 1 atom stereocenters. The van der Waals surface area contributed by atoms with Gasteiger partial charge in [-0.25, -0.2) is 13.6 Å². The standard InChI is InChI=1S/C18H16BrF2NO3/c1-25-18(24)16(10-12-4-2-3-5-13(12)19)22-17(23)9-11-6-7-14(20)15(21)8-11/h2-8,16H,9-10H2,1H3,(H,22,23)/t16-/m1/s1. The Hall–Kier alpha value is -2.28. The van der Waals surface area contributed by atoms with Crippen molar-refractivity contribution in [2.24, 2.45) is 0 Å². The molecule has 0 radical (unpaired) electrons. The zero-order valence-electron chi connectivity index (χ0n) is 13.4. The summed E-state index contributed by atoms with van der Waals surface area (Å²) < 4.78 is 31.7. The van der Waals surface area contributed by atoms with E-state index in [1.807, 2.05) is 24.3 Å². The van der Waals surface area contributed by atoms with Crippen LogP contribution in [0.15, 0.2) is 46.9 Å². The van der Waals surface area contributed by atoms with Gasteiger partial charge in [-0.1, -0.05) is 40.2 Å². The first kappa shape index (κ1) is 19.1. The van der Waals surface area contributed by atoms with Crippen LogP contribution in [0.25, 0.3) is 0 Å². The van der Waals surface area contributed by atoms with Crippen molar-refractivity contribution in [3.05, 3.63) is 69.7 Å².